The van der Waals surface area contributed by atoms with Gasteiger partial charge in [-0.3, -0.25) is 0 Å². The van der Waals surface area contributed by atoms with E-state index in [9.17, 15) is 9.59 Å². The van der Waals surface area contributed by atoms with Gasteiger partial charge in [0.2, 0.25) is 0 Å². The van der Waals surface area contributed by atoms with Gasteiger partial charge in [0.15, 0.2) is 5.69 Å². The molecule has 4 aromatic rings. The summed E-state index contributed by atoms with van der Waals surface area (Å²) in [6.07, 6.45) is 3.29. The Bertz CT molecular complexity index is 1180. The number of esters is 2. The number of benzene rings is 2. The van der Waals surface area contributed by atoms with Gasteiger partial charge in [0.05, 0.1) is 38.0 Å². The van der Waals surface area contributed by atoms with Gasteiger partial charge < -0.3 is 9.47 Å². The molecule has 2 heterocycles. The monoisotopic (exact) mass is 403 g/mol. The van der Waals surface area contributed by atoms with E-state index in [1.165, 1.54) is 18.9 Å². The number of carbonyl (C=O) groups is 2. The second-order valence-corrected chi connectivity index (χ2v) is 6.20. The summed E-state index contributed by atoms with van der Waals surface area (Å²) < 4.78 is 12.9. The highest BCUT2D eigenvalue weighted by atomic mass is 16.5. The lowest BCUT2D eigenvalue weighted by molar-refractivity contribution is 0.0549. The summed E-state index contributed by atoms with van der Waals surface area (Å²) in [4.78, 5) is 25.2. The lowest BCUT2D eigenvalue weighted by Gasteiger charge is -2.07. The number of hydrogen-bond acceptors (Lipinski definition) is 7. The van der Waals surface area contributed by atoms with Crippen LogP contribution in [-0.4, -0.2) is 50.9 Å². The number of ether oxygens (including phenoxy) is 2. The summed E-state index contributed by atoms with van der Waals surface area (Å²) in [7, 11) is 2.50. The minimum atomic E-state index is -0.697. The molecule has 4 rings (SSSR count). The van der Waals surface area contributed by atoms with Gasteiger partial charge in [-0.05, 0) is 24.3 Å². The minimum Gasteiger partial charge on any atom is -0.465 e. The molecule has 9 heteroatoms. The first kappa shape index (κ1) is 19.1. The van der Waals surface area contributed by atoms with Gasteiger partial charge in [0.25, 0.3) is 0 Å². The van der Waals surface area contributed by atoms with Crippen molar-refractivity contribution < 1.29 is 19.1 Å². The van der Waals surface area contributed by atoms with Gasteiger partial charge in [0.1, 0.15) is 11.3 Å². The van der Waals surface area contributed by atoms with Crippen LogP contribution in [0.2, 0.25) is 0 Å². The molecule has 150 valence electrons. The Hall–Kier alpha value is -4.27. The third kappa shape index (κ3) is 3.32. The third-order valence-corrected chi connectivity index (χ3v) is 4.48. The van der Waals surface area contributed by atoms with Crippen LogP contribution in [0, 0.1) is 0 Å². The molecule has 0 radical (unpaired) electrons. The van der Waals surface area contributed by atoms with E-state index < -0.39 is 11.9 Å². The second-order valence-electron chi connectivity index (χ2n) is 6.20. The number of carbonyl (C=O) groups excluding carboxylic acids is 2. The first-order chi connectivity index (χ1) is 14.6. The van der Waals surface area contributed by atoms with E-state index in [1.54, 1.807) is 41.3 Å². The Kier molecular flexibility index (Phi) is 5.08. The van der Waals surface area contributed by atoms with Gasteiger partial charge in [-0.15, -0.1) is 5.10 Å². The van der Waals surface area contributed by atoms with Crippen molar-refractivity contribution in [3.8, 4) is 22.6 Å². The molecule has 0 unspecified atom stereocenters. The van der Waals surface area contributed by atoms with E-state index in [-0.39, 0.29) is 11.3 Å². The van der Waals surface area contributed by atoms with Gasteiger partial charge in [-0.1, -0.05) is 35.5 Å². The SMILES string of the molecule is COC(=O)c1c(-c2ccc(-n3ccnn3)cc2)nn(-c2ccccc2)c1C(=O)OC. The molecule has 0 aliphatic carbocycles. The molecule has 0 spiro atoms. The molecule has 0 atom stereocenters. The number of nitrogens with zero attached hydrogens (tertiary/aromatic N) is 5. The fourth-order valence-electron chi connectivity index (χ4n) is 3.07. The predicted octanol–water partition coefficient (Wildman–Crippen LogP) is 2.69. The predicted molar refractivity (Wildman–Crippen MR) is 107 cm³/mol. The van der Waals surface area contributed by atoms with Crippen LogP contribution in [0.1, 0.15) is 20.8 Å². The highest BCUT2D eigenvalue weighted by Gasteiger charge is 2.31. The summed E-state index contributed by atoms with van der Waals surface area (Å²) in [6.45, 7) is 0. The van der Waals surface area contributed by atoms with Crippen molar-refractivity contribution in [3.63, 3.8) is 0 Å². The van der Waals surface area contributed by atoms with Crippen molar-refractivity contribution in [3.05, 3.63) is 78.2 Å². The Morgan fingerprint density at radius 1 is 0.867 bits per heavy atom. The van der Waals surface area contributed by atoms with Crippen LogP contribution in [0.15, 0.2) is 67.0 Å². The van der Waals surface area contributed by atoms with Crippen LogP contribution < -0.4 is 0 Å². The molecule has 0 N–H and O–H groups in total. The van der Waals surface area contributed by atoms with Crippen LogP contribution in [0.5, 0.6) is 0 Å². The smallest absolute Gasteiger partial charge is 0.357 e. The molecule has 0 aliphatic rings. The fourth-order valence-corrected chi connectivity index (χ4v) is 3.07. The lowest BCUT2D eigenvalue weighted by atomic mass is 10.1. The average Bonchev–Trinajstić information content (AvgIpc) is 3.47. The molecule has 2 aromatic heterocycles. The maximum atomic E-state index is 12.6. The van der Waals surface area contributed by atoms with Crippen molar-refractivity contribution in [2.45, 2.75) is 0 Å². The van der Waals surface area contributed by atoms with Gasteiger partial charge in [-0.2, -0.15) is 5.10 Å². The Balaban J connectivity index is 1.92. The summed E-state index contributed by atoms with van der Waals surface area (Å²) in [5, 5.41) is 12.3. The zero-order chi connectivity index (χ0) is 21.1. The van der Waals surface area contributed by atoms with Crippen LogP contribution >= 0.6 is 0 Å². The van der Waals surface area contributed by atoms with Crippen LogP contribution in [0.25, 0.3) is 22.6 Å². The van der Waals surface area contributed by atoms with Gasteiger partial charge in [-0.25, -0.2) is 19.0 Å². The van der Waals surface area contributed by atoms with E-state index in [0.717, 1.165) is 5.69 Å². The average molecular weight is 403 g/mol. The number of aromatic nitrogens is 5. The Labute approximate surface area is 171 Å². The Morgan fingerprint density at radius 3 is 2.17 bits per heavy atom. The van der Waals surface area contributed by atoms with Crippen molar-refractivity contribution in [2.24, 2.45) is 0 Å². The van der Waals surface area contributed by atoms with Gasteiger partial charge in [0, 0.05) is 5.56 Å². The zero-order valence-corrected chi connectivity index (χ0v) is 16.2. The van der Waals surface area contributed by atoms with E-state index in [2.05, 4.69) is 15.4 Å². The Morgan fingerprint density at radius 2 is 1.57 bits per heavy atom. The van der Waals surface area contributed by atoms with Crippen LogP contribution in [-0.2, 0) is 9.47 Å². The normalized spacial score (nSPS) is 10.6. The molecule has 0 bridgehead atoms. The molecule has 0 fully saturated rings. The van der Waals surface area contributed by atoms with E-state index in [0.29, 0.717) is 16.9 Å². The number of hydrogen-bond donors (Lipinski definition) is 0. The van der Waals surface area contributed by atoms with Crippen molar-refractivity contribution in [1.82, 2.24) is 24.8 Å². The van der Waals surface area contributed by atoms with E-state index >= 15 is 0 Å². The molecule has 9 nitrogen and oxygen atoms in total. The summed E-state index contributed by atoms with van der Waals surface area (Å²) >= 11 is 0. The van der Waals surface area contributed by atoms with Crippen molar-refractivity contribution in [1.29, 1.82) is 0 Å². The van der Waals surface area contributed by atoms with Crippen LogP contribution in [0.4, 0.5) is 0 Å². The fraction of sp³-hybridized carbons (Fsp3) is 0.0952. The molecule has 0 amide bonds. The van der Waals surface area contributed by atoms with Crippen LogP contribution in [0.3, 0.4) is 0 Å². The largest absolute Gasteiger partial charge is 0.465 e. The summed E-state index contributed by atoms with van der Waals surface area (Å²) in [5.41, 5.74) is 2.34. The quantitative estimate of drug-likeness (QED) is 0.472. The zero-order valence-electron chi connectivity index (χ0n) is 16.2. The summed E-state index contributed by atoms with van der Waals surface area (Å²) in [5.74, 6) is -1.38. The molecule has 2 aromatic carbocycles. The summed E-state index contributed by atoms with van der Waals surface area (Å²) in [6, 6.07) is 16.2. The molecule has 0 saturated carbocycles. The number of para-hydroxylation sites is 1. The maximum absolute atomic E-state index is 12.6. The lowest BCUT2D eigenvalue weighted by Crippen LogP contribution is -2.15. The molecular weight excluding hydrogens is 386 g/mol. The number of methoxy groups -OCH3 is 2. The third-order valence-electron chi connectivity index (χ3n) is 4.48. The minimum absolute atomic E-state index is 0.00842. The standard InChI is InChI=1S/C21H17N5O4/c1-29-20(27)17-18(14-8-10-15(11-9-14)25-13-12-22-24-25)23-26(19(17)21(28)30-2)16-6-4-3-5-7-16/h3-13H,1-2H3. The highest BCUT2D eigenvalue weighted by molar-refractivity contribution is 6.06. The first-order valence-corrected chi connectivity index (χ1v) is 8.96. The second kappa shape index (κ2) is 8.00. The van der Waals surface area contributed by atoms with Crippen molar-refractivity contribution in [2.75, 3.05) is 14.2 Å². The van der Waals surface area contributed by atoms with E-state index in [4.69, 9.17) is 9.47 Å². The van der Waals surface area contributed by atoms with Gasteiger partial charge >= 0.3 is 11.9 Å². The van der Waals surface area contributed by atoms with E-state index in [1.807, 2.05) is 30.3 Å². The molecular formula is C21H17N5O4. The van der Waals surface area contributed by atoms with Crippen molar-refractivity contribution >= 4 is 11.9 Å². The molecule has 0 saturated heterocycles. The highest BCUT2D eigenvalue weighted by Crippen LogP contribution is 2.29. The first-order valence-electron chi connectivity index (χ1n) is 8.96. The maximum Gasteiger partial charge on any atom is 0.357 e. The topological polar surface area (TPSA) is 101 Å². The molecule has 0 aliphatic heterocycles. The molecule has 30 heavy (non-hydrogen) atoms. The number of rotatable bonds is 5.